The van der Waals surface area contributed by atoms with Crippen LogP contribution in [-0.4, -0.2) is 34.8 Å². The van der Waals surface area contributed by atoms with E-state index in [2.05, 4.69) is 10.6 Å². The average molecular weight is 327 g/mol. The molecule has 3 N–H and O–H groups in total. The lowest BCUT2D eigenvalue weighted by Gasteiger charge is -2.43. The van der Waals surface area contributed by atoms with Gasteiger partial charge in [-0.1, -0.05) is 36.4 Å². The number of β-amino-alcohol motifs (C(OH)–C–C–N with tert-alkyl or cyclic N) is 1. The summed E-state index contributed by atoms with van der Waals surface area (Å²) in [5.41, 5.74) is -0.206. The summed E-state index contributed by atoms with van der Waals surface area (Å²) in [5, 5.41) is 16.7. The lowest BCUT2D eigenvalue weighted by Crippen LogP contribution is -2.61. The second-order valence-electron chi connectivity index (χ2n) is 6.02. The molecule has 1 saturated heterocycles. The number of aromatic nitrogens is 1. The molecule has 1 aromatic heterocycles. The predicted octanol–water partition coefficient (Wildman–Crippen LogP) is 0.214. The fourth-order valence-electron chi connectivity index (χ4n) is 3.19. The standard InChI is InChI=1S/C18H21N3O3/c22-15-12-19-10-9-18(15,14-6-2-1-3-7-14)20-16(23)13-21-11-5-4-8-17(21)24/h1-8,11,15,19,22H,9-10,12-13H2,(H,20,23)/t15-,18-/m1/s1. The Morgan fingerprint density at radius 3 is 2.71 bits per heavy atom. The van der Waals surface area contributed by atoms with Crippen molar-refractivity contribution >= 4 is 5.91 Å². The molecule has 2 heterocycles. The van der Waals surface area contributed by atoms with E-state index < -0.39 is 11.6 Å². The third-order valence-electron chi connectivity index (χ3n) is 4.47. The molecule has 1 fully saturated rings. The summed E-state index contributed by atoms with van der Waals surface area (Å²) in [7, 11) is 0. The number of pyridine rings is 1. The van der Waals surface area contributed by atoms with Crippen molar-refractivity contribution in [3.8, 4) is 0 Å². The molecular formula is C18H21N3O3. The van der Waals surface area contributed by atoms with Crippen LogP contribution in [0.1, 0.15) is 12.0 Å². The van der Waals surface area contributed by atoms with Crippen molar-refractivity contribution < 1.29 is 9.90 Å². The van der Waals surface area contributed by atoms with Gasteiger partial charge in [-0.25, -0.2) is 0 Å². The van der Waals surface area contributed by atoms with E-state index in [-0.39, 0.29) is 18.0 Å². The number of hydrogen-bond donors (Lipinski definition) is 3. The fourth-order valence-corrected chi connectivity index (χ4v) is 3.19. The van der Waals surface area contributed by atoms with Crippen molar-refractivity contribution in [1.82, 2.24) is 15.2 Å². The van der Waals surface area contributed by atoms with E-state index in [1.165, 1.54) is 10.6 Å². The first kappa shape index (κ1) is 16.4. The van der Waals surface area contributed by atoms with Crippen LogP contribution in [0.5, 0.6) is 0 Å². The van der Waals surface area contributed by atoms with Crippen LogP contribution in [-0.2, 0) is 16.9 Å². The Balaban J connectivity index is 1.86. The summed E-state index contributed by atoms with van der Waals surface area (Å²) < 4.78 is 1.35. The van der Waals surface area contributed by atoms with Gasteiger partial charge in [-0.3, -0.25) is 9.59 Å². The Kier molecular flexibility index (Phi) is 4.78. The Bertz CT molecular complexity index is 759. The number of aliphatic hydroxyl groups excluding tert-OH is 1. The van der Waals surface area contributed by atoms with E-state index in [1.54, 1.807) is 18.3 Å². The smallest absolute Gasteiger partial charge is 0.250 e. The summed E-state index contributed by atoms with van der Waals surface area (Å²) in [6.45, 7) is 1.02. The van der Waals surface area contributed by atoms with E-state index in [4.69, 9.17) is 0 Å². The van der Waals surface area contributed by atoms with Gasteiger partial charge in [0.05, 0.1) is 11.6 Å². The van der Waals surface area contributed by atoms with Gasteiger partial charge in [-0.05, 0) is 24.6 Å². The largest absolute Gasteiger partial charge is 0.389 e. The Morgan fingerprint density at radius 1 is 1.25 bits per heavy atom. The second-order valence-corrected chi connectivity index (χ2v) is 6.02. The Morgan fingerprint density at radius 2 is 2.00 bits per heavy atom. The van der Waals surface area contributed by atoms with Gasteiger partial charge in [0.25, 0.3) is 5.56 Å². The third kappa shape index (κ3) is 3.25. The molecule has 3 rings (SSSR count). The number of carbonyl (C=O) groups excluding carboxylic acids is 1. The summed E-state index contributed by atoms with van der Waals surface area (Å²) in [5.74, 6) is -0.298. The lowest BCUT2D eigenvalue weighted by atomic mass is 9.79. The number of benzene rings is 1. The topological polar surface area (TPSA) is 83.4 Å². The van der Waals surface area contributed by atoms with Crippen LogP contribution >= 0.6 is 0 Å². The van der Waals surface area contributed by atoms with E-state index in [0.717, 1.165) is 5.56 Å². The van der Waals surface area contributed by atoms with Crippen LogP contribution in [0.2, 0.25) is 0 Å². The molecule has 0 unspecified atom stereocenters. The maximum atomic E-state index is 12.6. The van der Waals surface area contributed by atoms with Crippen molar-refractivity contribution in [1.29, 1.82) is 0 Å². The van der Waals surface area contributed by atoms with Crippen molar-refractivity contribution in [3.05, 3.63) is 70.6 Å². The van der Waals surface area contributed by atoms with Crippen molar-refractivity contribution in [2.75, 3.05) is 13.1 Å². The van der Waals surface area contributed by atoms with E-state index in [1.807, 2.05) is 30.3 Å². The highest BCUT2D eigenvalue weighted by Crippen LogP contribution is 2.31. The summed E-state index contributed by atoms with van der Waals surface area (Å²) in [4.78, 5) is 24.3. The van der Waals surface area contributed by atoms with Gasteiger partial charge in [0, 0.05) is 18.8 Å². The SMILES string of the molecule is O=C(Cn1ccccc1=O)N[C@@]1(c2ccccc2)CCNC[C@H]1O. The highest BCUT2D eigenvalue weighted by Gasteiger charge is 2.42. The first-order chi connectivity index (χ1) is 11.6. The Labute approximate surface area is 140 Å². The number of aliphatic hydroxyl groups is 1. The van der Waals surface area contributed by atoms with E-state index in [0.29, 0.717) is 19.5 Å². The molecule has 2 aromatic rings. The highest BCUT2D eigenvalue weighted by atomic mass is 16.3. The molecule has 0 aliphatic carbocycles. The minimum Gasteiger partial charge on any atom is -0.389 e. The molecule has 0 bridgehead atoms. The minimum absolute atomic E-state index is 0.0750. The molecule has 6 heteroatoms. The van der Waals surface area contributed by atoms with Crippen LogP contribution in [0.3, 0.4) is 0 Å². The van der Waals surface area contributed by atoms with Crippen LogP contribution in [0.15, 0.2) is 59.5 Å². The number of nitrogens with one attached hydrogen (secondary N) is 2. The number of nitrogens with zero attached hydrogens (tertiary/aromatic N) is 1. The molecule has 0 radical (unpaired) electrons. The van der Waals surface area contributed by atoms with Crippen LogP contribution in [0.25, 0.3) is 0 Å². The fraction of sp³-hybridized carbons (Fsp3) is 0.333. The monoisotopic (exact) mass is 327 g/mol. The molecule has 0 saturated carbocycles. The maximum absolute atomic E-state index is 12.6. The molecule has 24 heavy (non-hydrogen) atoms. The molecule has 126 valence electrons. The predicted molar refractivity (Wildman–Crippen MR) is 90.5 cm³/mol. The quantitative estimate of drug-likeness (QED) is 0.750. The van der Waals surface area contributed by atoms with Crippen molar-refractivity contribution in [2.45, 2.75) is 24.6 Å². The van der Waals surface area contributed by atoms with E-state index in [9.17, 15) is 14.7 Å². The van der Waals surface area contributed by atoms with Gasteiger partial charge >= 0.3 is 0 Å². The van der Waals surface area contributed by atoms with Gasteiger partial charge < -0.3 is 20.3 Å². The van der Waals surface area contributed by atoms with Gasteiger partial charge in [-0.15, -0.1) is 0 Å². The van der Waals surface area contributed by atoms with Gasteiger partial charge in [0.15, 0.2) is 0 Å². The van der Waals surface area contributed by atoms with Crippen molar-refractivity contribution in [3.63, 3.8) is 0 Å². The summed E-state index contributed by atoms with van der Waals surface area (Å²) >= 11 is 0. The minimum atomic E-state index is -0.845. The first-order valence-corrected chi connectivity index (χ1v) is 8.02. The summed E-state index contributed by atoms with van der Waals surface area (Å²) in [6.07, 6.45) is 1.41. The zero-order valence-electron chi connectivity index (χ0n) is 13.3. The van der Waals surface area contributed by atoms with Gasteiger partial charge in [0.1, 0.15) is 6.54 Å². The van der Waals surface area contributed by atoms with Crippen LogP contribution < -0.4 is 16.2 Å². The maximum Gasteiger partial charge on any atom is 0.250 e. The van der Waals surface area contributed by atoms with Gasteiger partial charge in [-0.2, -0.15) is 0 Å². The number of hydrogen-bond acceptors (Lipinski definition) is 4. The van der Waals surface area contributed by atoms with E-state index >= 15 is 0 Å². The molecule has 1 aliphatic heterocycles. The van der Waals surface area contributed by atoms with Crippen molar-refractivity contribution in [2.24, 2.45) is 0 Å². The normalized spacial score (nSPS) is 23.6. The highest BCUT2D eigenvalue weighted by molar-refractivity contribution is 5.77. The third-order valence-corrected chi connectivity index (χ3v) is 4.47. The number of amides is 1. The molecular weight excluding hydrogens is 306 g/mol. The molecule has 6 nitrogen and oxygen atoms in total. The zero-order valence-corrected chi connectivity index (χ0v) is 13.3. The molecule has 2 atom stereocenters. The molecule has 1 aromatic carbocycles. The second kappa shape index (κ2) is 6.98. The first-order valence-electron chi connectivity index (χ1n) is 8.02. The zero-order chi connectivity index (χ0) is 17.0. The van der Waals surface area contributed by atoms with Crippen LogP contribution in [0.4, 0.5) is 0 Å². The number of carbonyl (C=O) groups is 1. The molecule has 0 spiro atoms. The Hall–Kier alpha value is -2.44. The summed E-state index contributed by atoms with van der Waals surface area (Å²) in [6, 6.07) is 14.3. The van der Waals surface area contributed by atoms with Crippen LogP contribution in [0, 0.1) is 0 Å². The lowest BCUT2D eigenvalue weighted by molar-refractivity contribution is -0.126. The average Bonchev–Trinajstić information content (AvgIpc) is 2.60. The molecule has 1 amide bonds. The number of piperidine rings is 1. The molecule has 1 aliphatic rings. The van der Waals surface area contributed by atoms with Gasteiger partial charge in [0.2, 0.25) is 5.91 Å². The number of rotatable bonds is 4.